The molecule has 0 aliphatic carbocycles. The third-order valence-electron chi connectivity index (χ3n) is 3.09. The molecule has 3 rings (SSSR count). The second-order valence-corrected chi connectivity index (χ2v) is 4.45. The van der Waals surface area contributed by atoms with Gasteiger partial charge in [-0.2, -0.15) is 0 Å². The van der Waals surface area contributed by atoms with E-state index < -0.39 is 0 Å². The van der Waals surface area contributed by atoms with Crippen LogP contribution in [-0.2, 0) is 0 Å². The highest BCUT2D eigenvalue weighted by Gasteiger charge is 2.06. The van der Waals surface area contributed by atoms with E-state index in [1.165, 1.54) is 0 Å². The molecule has 3 heteroatoms. The molecule has 0 atom stereocenters. The van der Waals surface area contributed by atoms with Crippen LogP contribution in [0, 0.1) is 0 Å². The minimum absolute atomic E-state index is 0.242. The quantitative estimate of drug-likeness (QED) is 0.723. The van der Waals surface area contributed by atoms with Gasteiger partial charge in [0.15, 0.2) is 12.0 Å². The summed E-state index contributed by atoms with van der Waals surface area (Å²) in [4.78, 5) is 10.7. The predicted octanol–water partition coefficient (Wildman–Crippen LogP) is 4.13. The van der Waals surface area contributed by atoms with Crippen LogP contribution in [0.4, 0.5) is 0 Å². The molecule has 0 aliphatic rings. The van der Waals surface area contributed by atoms with Crippen LogP contribution in [0.1, 0.15) is 10.6 Å². The van der Waals surface area contributed by atoms with Gasteiger partial charge in [-0.15, -0.1) is 0 Å². The molecule has 0 unspecified atom stereocenters. The average Bonchev–Trinajstić information content (AvgIpc) is 2.97. The molecule has 0 saturated heterocycles. The smallest absolute Gasteiger partial charge is 0.185 e. The number of furan rings is 1. The highest BCUT2D eigenvalue weighted by atomic mass is 16.3. The summed E-state index contributed by atoms with van der Waals surface area (Å²) in [6.07, 6.45) is 0.688. The minimum Gasteiger partial charge on any atom is -0.508 e. The van der Waals surface area contributed by atoms with Crippen molar-refractivity contribution in [2.24, 2.45) is 0 Å². The molecule has 0 saturated carbocycles. The maximum absolute atomic E-state index is 10.7. The van der Waals surface area contributed by atoms with Crippen molar-refractivity contribution < 1.29 is 14.3 Å². The third-order valence-corrected chi connectivity index (χ3v) is 3.09. The van der Waals surface area contributed by atoms with Crippen LogP contribution in [-0.4, -0.2) is 11.4 Å². The molecular weight excluding hydrogens is 252 g/mol. The van der Waals surface area contributed by atoms with Gasteiger partial charge in [-0.3, -0.25) is 4.79 Å². The van der Waals surface area contributed by atoms with E-state index >= 15 is 0 Å². The molecule has 1 aromatic heterocycles. The second-order valence-electron chi connectivity index (χ2n) is 4.45. The van der Waals surface area contributed by atoms with Crippen molar-refractivity contribution in [2.45, 2.75) is 0 Å². The van der Waals surface area contributed by atoms with Crippen molar-refractivity contribution in [3.63, 3.8) is 0 Å². The van der Waals surface area contributed by atoms with E-state index in [-0.39, 0.29) is 5.75 Å². The fraction of sp³-hybridized carbons (Fsp3) is 0. The van der Waals surface area contributed by atoms with Crippen LogP contribution in [0.3, 0.4) is 0 Å². The number of aldehydes is 1. The first-order valence-electron chi connectivity index (χ1n) is 6.21. The van der Waals surface area contributed by atoms with Crippen molar-refractivity contribution in [3.8, 4) is 28.2 Å². The lowest BCUT2D eigenvalue weighted by Crippen LogP contribution is -1.79. The van der Waals surface area contributed by atoms with Gasteiger partial charge in [0.2, 0.25) is 0 Å². The molecule has 0 bridgehead atoms. The Morgan fingerprint density at radius 2 is 1.60 bits per heavy atom. The van der Waals surface area contributed by atoms with E-state index in [4.69, 9.17) is 4.42 Å². The summed E-state index contributed by atoms with van der Waals surface area (Å²) in [6.45, 7) is 0. The fourth-order valence-corrected chi connectivity index (χ4v) is 2.08. The van der Waals surface area contributed by atoms with Gasteiger partial charge in [0.05, 0.1) is 0 Å². The molecule has 98 valence electrons. The summed E-state index contributed by atoms with van der Waals surface area (Å²) in [5, 5.41) is 9.32. The lowest BCUT2D eigenvalue weighted by Gasteiger charge is -2.04. The lowest BCUT2D eigenvalue weighted by molar-refractivity contribution is 0.110. The zero-order valence-electron chi connectivity index (χ0n) is 10.6. The van der Waals surface area contributed by atoms with Crippen molar-refractivity contribution in [1.29, 1.82) is 0 Å². The van der Waals surface area contributed by atoms with Gasteiger partial charge in [0.25, 0.3) is 0 Å². The zero-order valence-corrected chi connectivity index (χ0v) is 10.6. The highest BCUT2D eigenvalue weighted by Crippen LogP contribution is 2.28. The Morgan fingerprint density at radius 3 is 2.30 bits per heavy atom. The van der Waals surface area contributed by atoms with Gasteiger partial charge < -0.3 is 9.52 Å². The number of hydrogen-bond donors (Lipinski definition) is 1. The summed E-state index contributed by atoms with van der Waals surface area (Å²) in [7, 11) is 0. The number of carbonyl (C=O) groups is 1. The third kappa shape index (κ3) is 2.34. The number of benzene rings is 2. The highest BCUT2D eigenvalue weighted by molar-refractivity contribution is 5.75. The normalized spacial score (nSPS) is 10.4. The molecular formula is C17H12O3. The Kier molecular flexibility index (Phi) is 3.09. The Hall–Kier alpha value is -2.81. The predicted molar refractivity (Wildman–Crippen MR) is 76.6 cm³/mol. The molecule has 2 aromatic carbocycles. The molecule has 0 radical (unpaired) electrons. The Labute approximate surface area is 116 Å². The summed E-state index contributed by atoms with van der Waals surface area (Å²) >= 11 is 0. The van der Waals surface area contributed by atoms with Crippen molar-refractivity contribution in [1.82, 2.24) is 0 Å². The summed E-state index contributed by atoms with van der Waals surface area (Å²) < 4.78 is 5.42. The van der Waals surface area contributed by atoms with Crippen LogP contribution in [0.2, 0.25) is 0 Å². The minimum atomic E-state index is 0.242. The Balaban J connectivity index is 2.00. The van der Waals surface area contributed by atoms with Gasteiger partial charge in [-0.1, -0.05) is 30.3 Å². The van der Waals surface area contributed by atoms with E-state index in [0.29, 0.717) is 17.8 Å². The SMILES string of the molecule is O=Cc1ccc(-c2cccc(-c3ccc(O)cc3)c2)o1. The first-order chi connectivity index (χ1) is 9.76. The van der Waals surface area contributed by atoms with E-state index in [1.54, 1.807) is 24.3 Å². The standard InChI is InChI=1S/C17H12O3/c18-11-16-8-9-17(20-16)14-3-1-2-13(10-14)12-4-6-15(19)7-5-12/h1-11,19H. The zero-order chi connectivity index (χ0) is 13.9. The van der Waals surface area contributed by atoms with Crippen LogP contribution in [0.5, 0.6) is 5.75 Å². The van der Waals surface area contributed by atoms with Crippen LogP contribution in [0.15, 0.2) is 65.1 Å². The largest absolute Gasteiger partial charge is 0.508 e. The summed E-state index contributed by atoms with van der Waals surface area (Å²) in [5.74, 6) is 1.22. The summed E-state index contributed by atoms with van der Waals surface area (Å²) in [6, 6.07) is 18.3. The van der Waals surface area contributed by atoms with Crippen LogP contribution >= 0.6 is 0 Å². The van der Waals surface area contributed by atoms with Gasteiger partial charge in [-0.25, -0.2) is 0 Å². The monoisotopic (exact) mass is 264 g/mol. The maximum atomic E-state index is 10.7. The maximum Gasteiger partial charge on any atom is 0.185 e. The van der Waals surface area contributed by atoms with Crippen molar-refractivity contribution in [2.75, 3.05) is 0 Å². The second kappa shape index (κ2) is 5.05. The number of hydrogen-bond acceptors (Lipinski definition) is 3. The van der Waals surface area contributed by atoms with E-state index in [2.05, 4.69) is 0 Å². The molecule has 0 spiro atoms. The van der Waals surface area contributed by atoms with E-state index in [0.717, 1.165) is 16.7 Å². The fourth-order valence-electron chi connectivity index (χ4n) is 2.08. The van der Waals surface area contributed by atoms with Gasteiger partial charge in [0.1, 0.15) is 11.5 Å². The lowest BCUT2D eigenvalue weighted by atomic mass is 10.0. The van der Waals surface area contributed by atoms with E-state index in [1.807, 2.05) is 36.4 Å². The Morgan fingerprint density at radius 1 is 0.850 bits per heavy atom. The molecule has 0 fully saturated rings. The molecule has 1 heterocycles. The topological polar surface area (TPSA) is 50.4 Å². The average molecular weight is 264 g/mol. The first-order valence-corrected chi connectivity index (χ1v) is 6.21. The van der Waals surface area contributed by atoms with Crippen LogP contribution in [0.25, 0.3) is 22.5 Å². The molecule has 1 N–H and O–H groups in total. The van der Waals surface area contributed by atoms with Gasteiger partial charge >= 0.3 is 0 Å². The number of aromatic hydroxyl groups is 1. The van der Waals surface area contributed by atoms with E-state index in [9.17, 15) is 9.90 Å². The molecule has 3 aromatic rings. The van der Waals surface area contributed by atoms with Crippen molar-refractivity contribution >= 4 is 6.29 Å². The number of rotatable bonds is 3. The number of phenolic OH excluding ortho intramolecular Hbond substituents is 1. The molecule has 0 amide bonds. The first kappa shape index (κ1) is 12.2. The number of carbonyl (C=O) groups excluding carboxylic acids is 1. The Bertz CT molecular complexity index is 739. The van der Waals surface area contributed by atoms with Gasteiger partial charge in [0, 0.05) is 5.56 Å². The molecule has 0 aliphatic heterocycles. The van der Waals surface area contributed by atoms with Gasteiger partial charge in [-0.05, 0) is 41.5 Å². The van der Waals surface area contributed by atoms with Crippen molar-refractivity contribution in [3.05, 3.63) is 66.4 Å². The van der Waals surface area contributed by atoms with Crippen LogP contribution < -0.4 is 0 Å². The summed E-state index contributed by atoms with van der Waals surface area (Å²) in [5.41, 5.74) is 2.93. The molecule has 20 heavy (non-hydrogen) atoms. The molecule has 3 nitrogen and oxygen atoms in total. The number of phenols is 1.